The van der Waals surface area contributed by atoms with E-state index in [9.17, 15) is 0 Å². The summed E-state index contributed by atoms with van der Waals surface area (Å²) < 4.78 is 1.17. The van der Waals surface area contributed by atoms with Crippen molar-refractivity contribution in [3.8, 4) is 0 Å². The smallest absolute Gasteiger partial charge is 0.149 e. The van der Waals surface area contributed by atoms with Gasteiger partial charge in [-0.3, -0.25) is 0 Å². The lowest BCUT2D eigenvalue weighted by Gasteiger charge is -2.18. The number of alkyl halides is 1. The van der Waals surface area contributed by atoms with Crippen molar-refractivity contribution in [1.29, 1.82) is 0 Å². The quantitative estimate of drug-likeness (QED) is 0.593. The average Bonchev–Trinajstić information content (AvgIpc) is 2.82. The number of aromatic nitrogens is 2. The third kappa shape index (κ3) is 3.07. The summed E-state index contributed by atoms with van der Waals surface area (Å²) in [5.74, 6) is 1.79. The van der Waals surface area contributed by atoms with E-state index in [2.05, 4.69) is 27.3 Å². The van der Waals surface area contributed by atoms with Crippen molar-refractivity contribution in [2.45, 2.75) is 19.3 Å². The number of halogens is 1. The molecule has 0 radical (unpaired) electrons. The van der Waals surface area contributed by atoms with Crippen molar-refractivity contribution < 1.29 is 0 Å². The van der Waals surface area contributed by atoms with Gasteiger partial charge in [-0.15, -0.1) is 22.9 Å². The third-order valence-electron chi connectivity index (χ3n) is 2.71. The van der Waals surface area contributed by atoms with Gasteiger partial charge in [0, 0.05) is 19.5 Å². The first-order valence-corrected chi connectivity index (χ1v) is 7.19. The van der Waals surface area contributed by atoms with Gasteiger partial charge in [-0.2, -0.15) is 0 Å². The Hall–Kier alpha value is -0.870. The summed E-state index contributed by atoms with van der Waals surface area (Å²) in [4.78, 5) is 10.8. The summed E-state index contributed by atoms with van der Waals surface area (Å²) >= 11 is 7.36. The van der Waals surface area contributed by atoms with Gasteiger partial charge in [0.1, 0.15) is 12.1 Å². The van der Waals surface area contributed by atoms with E-state index in [0.717, 1.165) is 36.6 Å². The Morgan fingerprint density at radius 3 is 3.00 bits per heavy atom. The van der Waals surface area contributed by atoms with E-state index in [0.29, 0.717) is 0 Å². The lowest BCUT2D eigenvalue weighted by molar-refractivity contribution is 0.705. The number of fused-ring (bicyclic) bond motifs is 1. The molecular formula is C12H16ClN3S. The Kier molecular flexibility index (Phi) is 4.57. The van der Waals surface area contributed by atoms with Crippen LogP contribution in [0.25, 0.3) is 10.2 Å². The lowest BCUT2D eigenvalue weighted by Crippen LogP contribution is -2.19. The first kappa shape index (κ1) is 12.6. The summed E-state index contributed by atoms with van der Waals surface area (Å²) in [7, 11) is 2.09. The van der Waals surface area contributed by atoms with Gasteiger partial charge in [0.25, 0.3) is 0 Å². The van der Waals surface area contributed by atoms with E-state index in [-0.39, 0.29) is 0 Å². The number of hydrogen-bond donors (Lipinski definition) is 0. The summed E-state index contributed by atoms with van der Waals surface area (Å²) in [6.45, 7) is 1.01. The van der Waals surface area contributed by atoms with E-state index in [4.69, 9.17) is 11.6 Å². The Labute approximate surface area is 110 Å². The highest BCUT2D eigenvalue weighted by atomic mass is 35.5. The summed E-state index contributed by atoms with van der Waals surface area (Å²) in [6.07, 6.45) is 5.06. The fourth-order valence-electron chi connectivity index (χ4n) is 1.77. The van der Waals surface area contributed by atoms with Crippen LogP contribution >= 0.6 is 22.9 Å². The van der Waals surface area contributed by atoms with Crippen molar-refractivity contribution in [1.82, 2.24) is 9.97 Å². The van der Waals surface area contributed by atoms with E-state index in [1.165, 1.54) is 11.1 Å². The minimum absolute atomic E-state index is 0.756. The topological polar surface area (TPSA) is 29.0 Å². The molecule has 17 heavy (non-hydrogen) atoms. The Morgan fingerprint density at radius 2 is 2.18 bits per heavy atom. The Bertz CT molecular complexity index is 471. The number of hydrogen-bond acceptors (Lipinski definition) is 4. The molecule has 0 aliphatic carbocycles. The summed E-state index contributed by atoms with van der Waals surface area (Å²) in [5, 5.41) is 2.06. The van der Waals surface area contributed by atoms with Crippen LogP contribution in [0, 0.1) is 0 Å². The Balaban J connectivity index is 2.03. The highest BCUT2D eigenvalue weighted by molar-refractivity contribution is 7.17. The van der Waals surface area contributed by atoms with Crippen LogP contribution in [-0.2, 0) is 0 Å². The van der Waals surface area contributed by atoms with Crippen LogP contribution in [0.2, 0.25) is 0 Å². The minimum atomic E-state index is 0.756. The normalized spacial score (nSPS) is 10.9. The second kappa shape index (κ2) is 6.17. The van der Waals surface area contributed by atoms with Crippen molar-refractivity contribution >= 4 is 39.0 Å². The first-order valence-electron chi connectivity index (χ1n) is 5.78. The zero-order chi connectivity index (χ0) is 12.1. The van der Waals surface area contributed by atoms with Crippen molar-refractivity contribution in [2.24, 2.45) is 0 Å². The number of thiophene rings is 1. The van der Waals surface area contributed by atoms with Gasteiger partial charge >= 0.3 is 0 Å². The largest absolute Gasteiger partial charge is 0.358 e. The molecule has 0 saturated carbocycles. The molecule has 0 aromatic carbocycles. The molecule has 0 unspecified atom stereocenters. The van der Waals surface area contributed by atoms with Gasteiger partial charge < -0.3 is 4.90 Å². The van der Waals surface area contributed by atoms with E-state index >= 15 is 0 Å². The van der Waals surface area contributed by atoms with Crippen LogP contribution in [0.1, 0.15) is 19.3 Å². The maximum Gasteiger partial charge on any atom is 0.149 e. The van der Waals surface area contributed by atoms with Gasteiger partial charge in [0.15, 0.2) is 0 Å². The van der Waals surface area contributed by atoms with Crippen molar-refractivity contribution in [3.63, 3.8) is 0 Å². The fourth-order valence-corrected chi connectivity index (χ4v) is 2.85. The molecule has 2 aromatic heterocycles. The summed E-state index contributed by atoms with van der Waals surface area (Å²) in [5.41, 5.74) is 1.03. The molecule has 2 heterocycles. The molecule has 0 aliphatic heterocycles. The molecule has 2 rings (SSSR count). The maximum absolute atomic E-state index is 5.66. The predicted octanol–water partition coefficient (Wildman–Crippen LogP) is 3.54. The molecule has 0 spiro atoms. The van der Waals surface area contributed by atoms with E-state index < -0.39 is 0 Å². The average molecular weight is 270 g/mol. The van der Waals surface area contributed by atoms with Crippen LogP contribution in [0.15, 0.2) is 17.8 Å². The highest BCUT2D eigenvalue weighted by Crippen LogP contribution is 2.27. The van der Waals surface area contributed by atoms with Crippen molar-refractivity contribution in [2.75, 3.05) is 24.4 Å². The Morgan fingerprint density at radius 1 is 1.29 bits per heavy atom. The molecule has 92 valence electrons. The molecule has 0 fully saturated rings. The van der Waals surface area contributed by atoms with Gasteiger partial charge in [0.05, 0.1) is 10.2 Å². The molecule has 0 atom stereocenters. The number of nitrogens with zero attached hydrogens (tertiary/aromatic N) is 3. The van der Waals surface area contributed by atoms with Crippen LogP contribution in [0.3, 0.4) is 0 Å². The molecule has 0 saturated heterocycles. The SMILES string of the molecule is CN(CCCCCCl)c1ncnc2ccsc12. The highest BCUT2D eigenvalue weighted by Gasteiger charge is 2.08. The second-order valence-corrected chi connectivity index (χ2v) is 5.30. The second-order valence-electron chi connectivity index (χ2n) is 4.00. The number of anilines is 1. The van der Waals surface area contributed by atoms with Crippen LogP contribution in [0.4, 0.5) is 5.82 Å². The molecule has 0 N–H and O–H groups in total. The molecule has 2 aromatic rings. The lowest BCUT2D eigenvalue weighted by atomic mass is 10.2. The van der Waals surface area contributed by atoms with E-state index in [1.54, 1.807) is 17.7 Å². The zero-order valence-corrected chi connectivity index (χ0v) is 11.5. The molecule has 5 heteroatoms. The number of unbranched alkanes of at least 4 members (excludes halogenated alkanes) is 2. The monoisotopic (exact) mass is 269 g/mol. The van der Waals surface area contributed by atoms with Crippen LogP contribution in [-0.4, -0.2) is 29.4 Å². The fraction of sp³-hybridized carbons (Fsp3) is 0.500. The van der Waals surface area contributed by atoms with Gasteiger partial charge in [-0.05, 0) is 24.3 Å². The maximum atomic E-state index is 5.66. The number of rotatable bonds is 6. The van der Waals surface area contributed by atoms with Crippen LogP contribution < -0.4 is 4.90 Å². The zero-order valence-electron chi connectivity index (χ0n) is 9.90. The van der Waals surface area contributed by atoms with Gasteiger partial charge in [-0.1, -0.05) is 6.42 Å². The molecule has 0 amide bonds. The van der Waals surface area contributed by atoms with Gasteiger partial charge in [-0.25, -0.2) is 9.97 Å². The van der Waals surface area contributed by atoms with Gasteiger partial charge in [0.2, 0.25) is 0 Å². The van der Waals surface area contributed by atoms with E-state index in [1.807, 2.05) is 6.07 Å². The molecular weight excluding hydrogens is 254 g/mol. The minimum Gasteiger partial charge on any atom is -0.358 e. The first-order chi connectivity index (χ1) is 8.33. The van der Waals surface area contributed by atoms with Crippen LogP contribution in [0.5, 0.6) is 0 Å². The standard InChI is InChI=1S/C12H16ClN3S/c1-16(7-4-2-3-6-13)12-11-10(5-8-17-11)14-9-15-12/h5,8-9H,2-4,6-7H2,1H3. The van der Waals surface area contributed by atoms with Crippen molar-refractivity contribution in [3.05, 3.63) is 17.8 Å². The third-order valence-corrected chi connectivity index (χ3v) is 3.88. The molecule has 0 bridgehead atoms. The predicted molar refractivity (Wildman–Crippen MR) is 75.3 cm³/mol. The molecule has 3 nitrogen and oxygen atoms in total. The molecule has 0 aliphatic rings. The summed E-state index contributed by atoms with van der Waals surface area (Å²) in [6, 6.07) is 2.03.